The maximum atomic E-state index is 13.3. The van der Waals surface area contributed by atoms with Crippen molar-refractivity contribution in [1.82, 2.24) is 14.4 Å². The minimum absolute atomic E-state index is 0.00484. The van der Waals surface area contributed by atoms with E-state index in [0.717, 1.165) is 37.9 Å². The van der Waals surface area contributed by atoms with Crippen LogP contribution in [0.3, 0.4) is 0 Å². The van der Waals surface area contributed by atoms with Gasteiger partial charge in [0.25, 0.3) is 0 Å². The fraction of sp³-hybridized carbons (Fsp3) is 0.517. The van der Waals surface area contributed by atoms with Crippen molar-refractivity contribution >= 4 is 11.8 Å². The number of benzene rings is 1. The number of amides is 2. The molecule has 1 fully saturated rings. The molecule has 0 spiro atoms. The SMILES string of the molecule is C=CCN(Cc1cccn1Cc1ccccc1C)C(=O)CN(C(=O)CCCCCCC)C1CC1. The molecular weight excluding hydrogens is 422 g/mol. The standard InChI is InChI=1S/C29H41N3O2/c1-4-6-7-8-9-16-28(33)32(26-17-18-26)23-29(34)31(19-5-2)22-27-15-12-20-30(27)21-25-14-11-10-13-24(25)3/h5,10-15,20,26H,2,4,6-9,16-19,21-23H2,1,3H3. The van der Waals surface area contributed by atoms with E-state index in [0.29, 0.717) is 19.5 Å². The molecule has 1 heterocycles. The van der Waals surface area contributed by atoms with Crippen LogP contribution >= 0.6 is 0 Å². The molecule has 1 aromatic heterocycles. The van der Waals surface area contributed by atoms with Crippen LogP contribution in [0, 0.1) is 6.92 Å². The molecule has 0 radical (unpaired) electrons. The quantitative estimate of drug-likeness (QED) is 0.251. The predicted octanol–water partition coefficient (Wildman–Crippen LogP) is 5.71. The van der Waals surface area contributed by atoms with E-state index in [1.54, 1.807) is 6.08 Å². The van der Waals surface area contributed by atoms with Gasteiger partial charge in [-0.05, 0) is 49.4 Å². The molecule has 0 bridgehead atoms. The van der Waals surface area contributed by atoms with E-state index in [9.17, 15) is 9.59 Å². The highest BCUT2D eigenvalue weighted by Gasteiger charge is 2.34. The Bertz CT molecular complexity index is 944. The Morgan fingerprint density at radius 2 is 1.82 bits per heavy atom. The number of unbranched alkanes of at least 4 members (excludes halogenated alkanes) is 4. The minimum Gasteiger partial charge on any atom is -0.345 e. The van der Waals surface area contributed by atoms with Gasteiger partial charge in [-0.3, -0.25) is 9.59 Å². The number of nitrogens with zero attached hydrogens (tertiary/aromatic N) is 3. The molecule has 3 rings (SSSR count). The van der Waals surface area contributed by atoms with Crippen molar-refractivity contribution in [2.45, 2.75) is 84.3 Å². The second-order valence-corrected chi connectivity index (χ2v) is 9.53. The normalized spacial score (nSPS) is 13.0. The molecule has 1 saturated carbocycles. The Kier molecular flexibility index (Phi) is 9.99. The van der Waals surface area contributed by atoms with Crippen LogP contribution in [-0.4, -0.2) is 45.3 Å². The zero-order valence-electron chi connectivity index (χ0n) is 21.0. The van der Waals surface area contributed by atoms with Gasteiger partial charge >= 0.3 is 0 Å². The minimum atomic E-state index is -0.00484. The highest BCUT2D eigenvalue weighted by Crippen LogP contribution is 2.28. The third-order valence-corrected chi connectivity index (χ3v) is 6.69. The summed E-state index contributed by atoms with van der Waals surface area (Å²) in [4.78, 5) is 29.9. The molecule has 0 saturated heterocycles. The fourth-order valence-corrected chi connectivity index (χ4v) is 4.40. The van der Waals surface area contributed by atoms with Crippen LogP contribution in [0.15, 0.2) is 55.3 Å². The highest BCUT2D eigenvalue weighted by molar-refractivity contribution is 5.85. The zero-order valence-corrected chi connectivity index (χ0v) is 21.0. The maximum absolute atomic E-state index is 13.3. The summed E-state index contributed by atoms with van der Waals surface area (Å²) in [6.45, 7) is 10.1. The fourth-order valence-electron chi connectivity index (χ4n) is 4.40. The smallest absolute Gasteiger partial charge is 0.242 e. The van der Waals surface area contributed by atoms with E-state index in [1.807, 2.05) is 15.9 Å². The van der Waals surface area contributed by atoms with Crippen molar-refractivity contribution in [3.63, 3.8) is 0 Å². The first kappa shape index (κ1) is 25.8. The van der Waals surface area contributed by atoms with E-state index in [2.05, 4.69) is 61.5 Å². The van der Waals surface area contributed by atoms with Crippen molar-refractivity contribution < 1.29 is 9.59 Å². The van der Waals surface area contributed by atoms with Gasteiger partial charge < -0.3 is 14.4 Å². The van der Waals surface area contributed by atoms with Crippen molar-refractivity contribution in [2.75, 3.05) is 13.1 Å². The summed E-state index contributed by atoms with van der Waals surface area (Å²) in [7, 11) is 0. The van der Waals surface area contributed by atoms with Crippen LogP contribution in [0.5, 0.6) is 0 Å². The third kappa shape index (κ3) is 7.61. The topological polar surface area (TPSA) is 45.6 Å². The summed E-state index contributed by atoms with van der Waals surface area (Å²) >= 11 is 0. The second kappa shape index (κ2) is 13.2. The molecule has 1 aromatic carbocycles. The average molecular weight is 464 g/mol. The Hall–Kier alpha value is -2.82. The van der Waals surface area contributed by atoms with E-state index in [4.69, 9.17) is 0 Å². The molecule has 2 amide bonds. The lowest BCUT2D eigenvalue weighted by Crippen LogP contribution is -2.44. The summed E-state index contributed by atoms with van der Waals surface area (Å²) in [5.41, 5.74) is 3.61. The first-order valence-electron chi connectivity index (χ1n) is 12.9. The molecule has 34 heavy (non-hydrogen) atoms. The highest BCUT2D eigenvalue weighted by atomic mass is 16.2. The van der Waals surface area contributed by atoms with E-state index in [-0.39, 0.29) is 24.4 Å². The second-order valence-electron chi connectivity index (χ2n) is 9.53. The zero-order chi connectivity index (χ0) is 24.3. The molecule has 2 aromatic rings. The molecule has 5 heteroatoms. The largest absolute Gasteiger partial charge is 0.345 e. The lowest BCUT2D eigenvalue weighted by atomic mass is 10.1. The van der Waals surface area contributed by atoms with Gasteiger partial charge in [0.05, 0.1) is 6.54 Å². The van der Waals surface area contributed by atoms with Gasteiger partial charge in [0.15, 0.2) is 0 Å². The van der Waals surface area contributed by atoms with Gasteiger partial charge in [0, 0.05) is 37.4 Å². The maximum Gasteiger partial charge on any atom is 0.242 e. The Morgan fingerprint density at radius 1 is 1.06 bits per heavy atom. The van der Waals surface area contributed by atoms with Crippen molar-refractivity contribution in [3.05, 3.63) is 72.1 Å². The van der Waals surface area contributed by atoms with Gasteiger partial charge in [-0.2, -0.15) is 0 Å². The molecule has 1 aliphatic carbocycles. The van der Waals surface area contributed by atoms with Gasteiger partial charge in [-0.25, -0.2) is 0 Å². The number of carbonyl (C=O) groups is 2. The number of aryl methyl sites for hydroxylation is 1. The van der Waals surface area contributed by atoms with Gasteiger partial charge in [0.1, 0.15) is 6.54 Å². The number of hydrogen-bond donors (Lipinski definition) is 0. The lowest BCUT2D eigenvalue weighted by Gasteiger charge is -2.27. The van der Waals surface area contributed by atoms with E-state index in [1.165, 1.54) is 30.4 Å². The first-order chi connectivity index (χ1) is 16.5. The Balaban J connectivity index is 1.61. The monoisotopic (exact) mass is 463 g/mol. The molecular formula is C29H41N3O2. The van der Waals surface area contributed by atoms with Crippen molar-refractivity contribution in [2.24, 2.45) is 0 Å². The van der Waals surface area contributed by atoms with Crippen LogP contribution < -0.4 is 0 Å². The summed E-state index contributed by atoms with van der Waals surface area (Å²) in [6, 6.07) is 12.7. The van der Waals surface area contributed by atoms with Crippen LogP contribution in [0.25, 0.3) is 0 Å². The molecule has 0 N–H and O–H groups in total. The van der Waals surface area contributed by atoms with Crippen LogP contribution in [0.4, 0.5) is 0 Å². The number of rotatable bonds is 15. The molecule has 0 atom stereocenters. The van der Waals surface area contributed by atoms with Crippen molar-refractivity contribution in [1.29, 1.82) is 0 Å². The van der Waals surface area contributed by atoms with Gasteiger partial charge in [-0.1, -0.05) is 62.9 Å². The summed E-state index contributed by atoms with van der Waals surface area (Å²) in [6.07, 6.45) is 12.0. The van der Waals surface area contributed by atoms with Crippen LogP contribution in [0.2, 0.25) is 0 Å². The Labute approximate surface area is 205 Å². The number of carbonyl (C=O) groups excluding carboxylic acids is 2. The molecule has 0 unspecified atom stereocenters. The lowest BCUT2D eigenvalue weighted by molar-refractivity contribution is -0.141. The molecule has 5 nitrogen and oxygen atoms in total. The average Bonchev–Trinajstić information content (AvgIpc) is 3.58. The first-order valence-corrected chi connectivity index (χ1v) is 12.9. The number of hydrogen-bond acceptors (Lipinski definition) is 2. The third-order valence-electron chi connectivity index (χ3n) is 6.69. The van der Waals surface area contributed by atoms with E-state index >= 15 is 0 Å². The van der Waals surface area contributed by atoms with E-state index < -0.39 is 0 Å². The van der Waals surface area contributed by atoms with Crippen molar-refractivity contribution in [3.8, 4) is 0 Å². The number of aromatic nitrogens is 1. The van der Waals surface area contributed by atoms with Gasteiger partial charge in [-0.15, -0.1) is 6.58 Å². The predicted molar refractivity (Wildman–Crippen MR) is 138 cm³/mol. The Morgan fingerprint density at radius 3 is 2.53 bits per heavy atom. The molecule has 1 aliphatic rings. The summed E-state index contributed by atoms with van der Waals surface area (Å²) in [5, 5.41) is 0. The van der Waals surface area contributed by atoms with Crippen LogP contribution in [-0.2, 0) is 22.7 Å². The van der Waals surface area contributed by atoms with Crippen LogP contribution in [0.1, 0.15) is 75.1 Å². The van der Waals surface area contributed by atoms with Gasteiger partial charge in [0.2, 0.25) is 11.8 Å². The summed E-state index contributed by atoms with van der Waals surface area (Å²) < 4.78 is 2.20. The molecule has 0 aliphatic heterocycles. The molecule has 184 valence electrons. The summed E-state index contributed by atoms with van der Waals surface area (Å²) in [5.74, 6) is 0.128.